The van der Waals surface area contributed by atoms with Gasteiger partial charge in [-0.15, -0.1) is 0 Å². The molecule has 1 fully saturated rings. The monoisotopic (exact) mass is 297 g/mol. The number of nitriles is 1. The number of primary amides is 1. The molecule has 2 aromatic heterocycles. The van der Waals surface area contributed by atoms with E-state index in [0.29, 0.717) is 5.65 Å². The molecule has 1 saturated heterocycles. The highest BCUT2D eigenvalue weighted by atomic mass is 16.1. The number of anilines is 1. The summed E-state index contributed by atoms with van der Waals surface area (Å²) < 4.78 is 0. The van der Waals surface area contributed by atoms with Crippen molar-refractivity contribution in [2.24, 2.45) is 11.7 Å². The van der Waals surface area contributed by atoms with Crippen LogP contribution < -0.4 is 10.6 Å². The number of carbonyl (C=O) groups excluding carboxylic acids is 1. The Labute approximate surface area is 126 Å². The third-order valence-electron chi connectivity index (χ3n) is 3.83. The van der Waals surface area contributed by atoms with E-state index in [1.807, 2.05) is 6.07 Å². The molecule has 2 aromatic rings. The highest BCUT2D eigenvalue weighted by Crippen LogP contribution is 2.26. The van der Waals surface area contributed by atoms with E-state index in [0.717, 1.165) is 37.3 Å². The summed E-state index contributed by atoms with van der Waals surface area (Å²) in [4.78, 5) is 28.9. The number of amides is 1. The van der Waals surface area contributed by atoms with Crippen LogP contribution in [0.4, 0.5) is 5.82 Å². The Bertz CT molecular complexity index is 765. The van der Waals surface area contributed by atoms with Crippen LogP contribution in [0.1, 0.15) is 12.8 Å². The number of fused-ring (bicyclic) bond motifs is 1. The lowest BCUT2D eigenvalue weighted by atomic mass is 9.94. The second-order valence-corrected chi connectivity index (χ2v) is 5.18. The first-order valence-corrected chi connectivity index (χ1v) is 7.00. The minimum atomic E-state index is -0.668. The molecule has 3 rings (SSSR count). The van der Waals surface area contributed by atoms with Gasteiger partial charge >= 0.3 is 0 Å². The van der Waals surface area contributed by atoms with Gasteiger partial charge in [-0.05, 0) is 18.8 Å². The van der Waals surface area contributed by atoms with Gasteiger partial charge in [-0.25, -0.2) is 15.0 Å². The standard InChI is InChI=1S/C14H15N7O/c15-6-10(12(16)22)5-9-1-3-21(4-2-9)14-11-13(18-7-17-11)19-8-20-14/h5,7-9H,1-4H2,(H2,16,22)(H,17,18,19,20)/b10-5+. The maximum absolute atomic E-state index is 11.1. The summed E-state index contributed by atoms with van der Waals surface area (Å²) >= 11 is 0. The third kappa shape index (κ3) is 2.61. The summed E-state index contributed by atoms with van der Waals surface area (Å²) in [6, 6.07) is 1.85. The van der Waals surface area contributed by atoms with Crippen molar-refractivity contribution in [1.29, 1.82) is 5.26 Å². The fraction of sp³-hybridized carbons (Fsp3) is 0.357. The van der Waals surface area contributed by atoms with E-state index in [1.165, 1.54) is 6.33 Å². The number of allylic oxidation sites excluding steroid dienone is 1. The number of aromatic amines is 1. The normalized spacial score (nSPS) is 16.7. The topological polar surface area (TPSA) is 125 Å². The molecular formula is C14H15N7O. The maximum atomic E-state index is 11.1. The molecule has 0 atom stereocenters. The lowest BCUT2D eigenvalue weighted by Crippen LogP contribution is -2.34. The summed E-state index contributed by atoms with van der Waals surface area (Å²) in [5.41, 5.74) is 6.67. The predicted molar refractivity (Wildman–Crippen MR) is 79.5 cm³/mol. The number of hydrogen-bond donors (Lipinski definition) is 2. The number of nitrogens with one attached hydrogen (secondary N) is 1. The molecule has 8 nitrogen and oxygen atoms in total. The Kier molecular flexibility index (Phi) is 3.70. The molecule has 8 heteroatoms. The first-order valence-electron chi connectivity index (χ1n) is 7.00. The quantitative estimate of drug-likeness (QED) is 0.628. The van der Waals surface area contributed by atoms with E-state index in [2.05, 4.69) is 24.8 Å². The highest BCUT2D eigenvalue weighted by molar-refractivity contribution is 5.95. The van der Waals surface area contributed by atoms with Gasteiger partial charge in [0.1, 0.15) is 23.5 Å². The summed E-state index contributed by atoms with van der Waals surface area (Å²) in [6.45, 7) is 1.55. The number of aromatic nitrogens is 4. The zero-order valence-electron chi connectivity index (χ0n) is 11.9. The van der Waals surface area contributed by atoms with Crippen LogP contribution in [0.5, 0.6) is 0 Å². The minimum Gasteiger partial charge on any atom is -0.365 e. The van der Waals surface area contributed by atoms with Crippen LogP contribution >= 0.6 is 0 Å². The number of hydrogen-bond acceptors (Lipinski definition) is 6. The van der Waals surface area contributed by atoms with E-state index in [-0.39, 0.29) is 11.5 Å². The van der Waals surface area contributed by atoms with Crippen LogP contribution in [0.2, 0.25) is 0 Å². The molecule has 0 aromatic carbocycles. The van der Waals surface area contributed by atoms with Crippen molar-refractivity contribution in [3.05, 3.63) is 24.3 Å². The minimum absolute atomic E-state index is 0.0372. The van der Waals surface area contributed by atoms with Gasteiger partial charge in [-0.3, -0.25) is 4.79 Å². The molecule has 1 aliphatic rings. The van der Waals surface area contributed by atoms with Crippen molar-refractivity contribution >= 4 is 22.9 Å². The lowest BCUT2D eigenvalue weighted by molar-refractivity contribution is -0.114. The predicted octanol–water partition coefficient (Wildman–Crippen LogP) is 0.505. The van der Waals surface area contributed by atoms with Gasteiger partial charge < -0.3 is 15.6 Å². The number of nitrogens with zero attached hydrogens (tertiary/aromatic N) is 5. The Morgan fingerprint density at radius 2 is 2.18 bits per heavy atom. The SMILES string of the molecule is N#C/C(=C\C1CCN(c2ncnc3[nH]cnc23)CC1)C(N)=O. The zero-order chi connectivity index (χ0) is 15.5. The van der Waals surface area contributed by atoms with Crippen LogP contribution in [0.15, 0.2) is 24.3 Å². The molecule has 0 spiro atoms. The maximum Gasteiger partial charge on any atom is 0.259 e. The Balaban J connectivity index is 1.74. The number of nitrogens with two attached hydrogens (primary N) is 1. The van der Waals surface area contributed by atoms with Gasteiger partial charge in [0.25, 0.3) is 5.91 Å². The van der Waals surface area contributed by atoms with Crippen LogP contribution in [0.3, 0.4) is 0 Å². The van der Waals surface area contributed by atoms with E-state index < -0.39 is 5.91 Å². The molecule has 22 heavy (non-hydrogen) atoms. The number of imidazole rings is 1. The molecule has 112 valence electrons. The van der Waals surface area contributed by atoms with E-state index in [4.69, 9.17) is 11.0 Å². The summed E-state index contributed by atoms with van der Waals surface area (Å²) in [7, 11) is 0. The van der Waals surface area contributed by atoms with Gasteiger partial charge in [0.2, 0.25) is 0 Å². The fourth-order valence-corrected chi connectivity index (χ4v) is 2.67. The van der Waals surface area contributed by atoms with E-state index >= 15 is 0 Å². The van der Waals surface area contributed by atoms with Crippen LogP contribution in [-0.2, 0) is 4.79 Å². The Morgan fingerprint density at radius 3 is 2.86 bits per heavy atom. The van der Waals surface area contributed by atoms with Gasteiger partial charge in [0, 0.05) is 13.1 Å². The van der Waals surface area contributed by atoms with Crippen LogP contribution in [-0.4, -0.2) is 38.9 Å². The summed E-state index contributed by atoms with van der Waals surface area (Å²) in [5.74, 6) is 0.318. The second kappa shape index (κ2) is 5.81. The van der Waals surface area contributed by atoms with Gasteiger partial charge in [-0.2, -0.15) is 5.26 Å². The van der Waals surface area contributed by atoms with Crippen molar-refractivity contribution < 1.29 is 4.79 Å². The van der Waals surface area contributed by atoms with Crippen molar-refractivity contribution in [2.75, 3.05) is 18.0 Å². The first kappa shape index (κ1) is 14.0. The number of H-pyrrole nitrogens is 1. The van der Waals surface area contributed by atoms with Crippen molar-refractivity contribution in [1.82, 2.24) is 19.9 Å². The van der Waals surface area contributed by atoms with Crippen molar-refractivity contribution in [2.45, 2.75) is 12.8 Å². The molecule has 1 aliphatic heterocycles. The van der Waals surface area contributed by atoms with Crippen LogP contribution in [0, 0.1) is 17.2 Å². The smallest absolute Gasteiger partial charge is 0.259 e. The molecule has 3 N–H and O–H groups in total. The zero-order valence-corrected chi connectivity index (χ0v) is 11.9. The molecule has 0 unspecified atom stereocenters. The largest absolute Gasteiger partial charge is 0.365 e. The molecule has 0 bridgehead atoms. The molecule has 0 radical (unpaired) electrons. The summed E-state index contributed by atoms with van der Waals surface area (Å²) in [5, 5.41) is 8.89. The second-order valence-electron chi connectivity index (χ2n) is 5.18. The van der Waals surface area contributed by atoms with E-state index in [1.54, 1.807) is 12.4 Å². The number of piperidine rings is 1. The van der Waals surface area contributed by atoms with Gasteiger partial charge in [0.05, 0.1) is 6.33 Å². The molecule has 0 saturated carbocycles. The fourth-order valence-electron chi connectivity index (χ4n) is 2.67. The third-order valence-corrected chi connectivity index (χ3v) is 3.83. The van der Waals surface area contributed by atoms with E-state index in [9.17, 15) is 4.79 Å². The van der Waals surface area contributed by atoms with Crippen molar-refractivity contribution in [3.63, 3.8) is 0 Å². The number of carbonyl (C=O) groups is 1. The molecular weight excluding hydrogens is 282 g/mol. The van der Waals surface area contributed by atoms with Gasteiger partial charge in [0.15, 0.2) is 11.5 Å². The Morgan fingerprint density at radius 1 is 1.41 bits per heavy atom. The average molecular weight is 297 g/mol. The molecule has 3 heterocycles. The highest BCUT2D eigenvalue weighted by Gasteiger charge is 2.22. The van der Waals surface area contributed by atoms with Gasteiger partial charge in [-0.1, -0.05) is 6.08 Å². The molecule has 1 amide bonds. The lowest BCUT2D eigenvalue weighted by Gasteiger charge is -2.31. The number of rotatable bonds is 3. The van der Waals surface area contributed by atoms with Crippen molar-refractivity contribution in [3.8, 4) is 6.07 Å². The first-order chi connectivity index (χ1) is 10.7. The average Bonchev–Trinajstić information content (AvgIpc) is 3.01. The van der Waals surface area contributed by atoms with Crippen LogP contribution in [0.25, 0.3) is 11.2 Å². The Hall–Kier alpha value is -2.95. The summed E-state index contributed by atoms with van der Waals surface area (Å²) in [6.07, 6.45) is 6.46. The molecule has 0 aliphatic carbocycles.